The third-order valence-corrected chi connectivity index (χ3v) is 12.3. The molecule has 0 aromatic carbocycles. The largest absolute Gasteiger partial charge is 0.462 e. The lowest BCUT2D eigenvalue weighted by atomic mass is 10.1. The number of hydrogen-bond acceptors (Lipinski definition) is 6. The highest BCUT2D eigenvalue weighted by atomic mass is 16.6. The Kier molecular flexibility index (Phi) is 58.0. The summed E-state index contributed by atoms with van der Waals surface area (Å²) in [7, 11) is 0. The van der Waals surface area contributed by atoms with Crippen LogP contribution in [0.4, 0.5) is 0 Å². The van der Waals surface area contributed by atoms with Gasteiger partial charge < -0.3 is 14.2 Å². The van der Waals surface area contributed by atoms with Crippen LogP contribution in [0.2, 0.25) is 0 Å². The van der Waals surface area contributed by atoms with Crippen LogP contribution >= 0.6 is 0 Å². The maximum atomic E-state index is 12.9. The number of unbranched alkanes of at least 4 members (excludes halogenated alkanes) is 18. The van der Waals surface area contributed by atoms with Crippen molar-refractivity contribution >= 4 is 17.9 Å². The first kappa shape index (κ1) is 70.3. The van der Waals surface area contributed by atoms with E-state index in [0.717, 1.165) is 83.5 Å². The summed E-state index contributed by atoms with van der Waals surface area (Å²) >= 11 is 0. The van der Waals surface area contributed by atoms with Crippen molar-refractivity contribution in [1.29, 1.82) is 0 Å². The van der Waals surface area contributed by atoms with Gasteiger partial charge in [0.15, 0.2) is 6.10 Å². The van der Waals surface area contributed by atoms with E-state index in [4.69, 9.17) is 14.2 Å². The fourth-order valence-electron chi connectivity index (χ4n) is 7.80. The Balaban J connectivity index is 4.62. The molecule has 0 rings (SSSR count). The van der Waals surface area contributed by atoms with Gasteiger partial charge in [-0.3, -0.25) is 14.4 Å². The molecular formula is C69H110O6. The van der Waals surface area contributed by atoms with E-state index in [9.17, 15) is 14.4 Å². The van der Waals surface area contributed by atoms with Crippen molar-refractivity contribution in [2.24, 2.45) is 0 Å². The third kappa shape index (κ3) is 60.0. The molecule has 0 amide bonds. The summed E-state index contributed by atoms with van der Waals surface area (Å²) in [5.41, 5.74) is 0. The molecule has 0 spiro atoms. The van der Waals surface area contributed by atoms with E-state index in [1.165, 1.54) is 116 Å². The molecule has 0 aliphatic carbocycles. The Hall–Kier alpha value is -4.71. The lowest BCUT2D eigenvalue weighted by molar-refractivity contribution is -0.166. The van der Waals surface area contributed by atoms with Crippen molar-refractivity contribution in [2.45, 2.75) is 258 Å². The van der Waals surface area contributed by atoms with Gasteiger partial charge in [-0.1, -0.05) is 256 Å². The predicted molar refractivity (Wildman–Crippen MR) is 325 cm³/mol. The van der Waals surface area contributed by atoms with E-state index in [1.807, 2.05) is 24.3 Å². The standard InChI is InChI=1S/C69H110O6/c1-4-7-10-13-16-19-22-25-28-31-34-37-40-43-46-49-52-55-58-61-67(70)73-64-66(75-69(72)63-60-57-54-51-48-45-42-39-36-33-30-27-24-21-18-15-12-9-6-3)65-74-68(71)62-59-56-53-50-47-44-41-38-35-32-29-26-23-20-17-14-11-8-5-2/h9,12,16,18-19,21,25-30,34,36-37,39,43,45-46,48,52,54-55,57,66H,4-8,10-11,13-15,17,20,22-24,31-33,35,38,40-42,44,47,49-51,53,56,58-65H2,1-3H3/b12-9-,19-16-,21-18-,28-25-,29-26-,30-27-,37-34-,39-36-,46-43-,48-45-,55-52-,57-54-/t66-/m1/s1. The second kappa shape index (κ2) is 61.8. The summed E-state index contributed by atoms with van der Waals surface area (Å²) in [5.74, 6) is -1.11. The molecule has 0 bridgehead atoms. The Morgan fingerprint density at radius 3 is 0.933 bits per heavy atom. The van der Waals surface area contributed by atoms with Crippen LogP contribution in [0.5, 0.6) is 0 Å². The third-order valence-electron chi connectivity index (χ3n) is 12.3. The minimum Gasteiger partial charge on any atom is -0.462 e. The van der Waals surface area contributed by atoms with Crippen LogP contribution in [-0.2, 0) is 28.6 Å². The van der Waals surface area contributed by atoms with E-state index in [2.05, 4.69) is 142 Å². The number of ether oxygens (including phenoxy) is 3. The summed E-state index contributed by atoms with van der Waals surface area (Å²) in [6.45, 7) is 6.36. The highest BCUT2D eigenvalue weighted by Gasteiger charge is 2.19. The first-order chi connectivity index (χ1) is 37.0. The van der Waals surface area contributed by atoms with Crippen LogP contribution in [0.3, 0.4) is 0 Å². The Morgan fingerprint density at radius 2 is 0.547 bits per heavy atom. The monoisotopic (exact) mass is 1030 g/mol. The van der Waals surface area contributed by atoms with Crippen molar-refractivity contribution in [3.63, 3.8) is 0 Å². The molecule has 0 aromatic heterocycles. The van der Waals surface area contributed by atoms with E-state index >= 15 is 0 Å². The molecule has 0 aliphatic rings. The molecule has 0 aliphatic heterocycles. The van der Waals surface area contributed by atoms with E-state index in [-0.39, 0.29) is 38.0 Å². The van der Waals surface area contributed by atoms with Gasteiger partial charge in [-0.2, -0.15) is 0 Å². The average molecular weight is 1040 g/mol. The molecule has 0 aromatic rings. The van der Waals surface area contributed by atoms with Crippen LogP contribution in [0.25, 0.3) is 0 Å². The predicted octanol–water partition coefficient (Wildman–Crippen LogP) is 20.8. The Bertz CT molecular complexity index is 1660. The van der Waals surface area contributed by atoms with Crippen LogP contribution in [0.1, 0.15) is 252 Å². The summed E-state index contributed by atoms with van der Waals surface area (Å²) in [5, 5.41) is 0. The second-order valence-corrected chi connectivity index (χ2v) is 19.5. The van der Waals surface area contributed by atoms with Gasteiger partial charge in [0.1, 0.15) is 13.2 Å². The number of carbonyl (C=O) groups excluding carboxylic acids is 3. The maximum Gasteiger partial charge on any atom is 0.306 e. The molecule has 1 atom stereocenters. The van der Waals surface area contributed by atoms with E-state index in [0.29, 0.717) is 19.3 Å². The first-order valence-electron chi connectivity index (χ1n) is 30.3. The van der Waals surface area contributed by atoms with E-state index in [1.54, 1.807) is 0 Å². The molecular weight excluding hydrogens is 925 g/mol. The van der Waals surface area contributed by atoms with Gasteiger partial charge >= 0.3 is 17.9 Å². The van der Waals surface area contributed by atoms with Crippen molar-refractivity contribution in [1.82, 2.24) is 0 Å². The normalized spacial score (nSPS) is 13.2. The number of carbonyl (C=O) groups is 3. The van der Waals surface area contributed by atoms with Crippen molar-refractivity contribution in [3.8, 4) is 0 Å². The molecule has 0 radical (unpaired) electrons. The molecule has 0 unspecified atom stereocenters. The Morgan fingerprint density at radius 1 is 0.280 bits per heavy atom. The number of hydrogen-bond donors (Lipinski definition) is 0. The summed E-state index contributed by atoms with van der Waals surface area (Å²) in [6.07, 6.45) is 88.6. The fraction of sp³-hybridized carbons (Fsp3) is 0.609. The first-order valence-corrected chi connectivity index (χ1v) is 30.3. The molecule has 422 valence electrons. The van der Waals surface area contributed by atoms with Gasteiger partial charge in [-0.15, -0.1) is 0 Å². The molecule has 6 heteroatoms. The van der Waals surface area contributed by atoms with Gasteiger partial charge in [-0.25, -0.2) is 0 Å². The van der Waals surface area contributed by atoms with Gasteiger partial charge in [0, 0.05) is 19.3 Å². The number of allylic oxidation sites excluding steroid dienone is 24. The Labute approximate surface area is 461 Å². The molecule has 75 heavy (non-hydrogen) atoms. The molecule has 6 nitrogen and oxygen atoms in total. The molecule has 0 saturated heterocycles. The average Bonchev–Trinajstić information content (AvgIpc) is 3.41. The van der Waals surface area contributed by atoms with Crippen molar-refractivity contribution in [2.75, 3.05) is 13.2 Å². The van der Waals surface area contributed by atoms with Crippen LogP contribution in [0, 0.1) is 0 Å². The highest BCUT2D eigenvalue weighted by molar-refractivity contribution is 5.71. The van der Waals surface area contributed by atoms with Crippen molar-refractivity contribution < 1.29 is 28.6 Å². The van der Waals surface area contributed by atoms with Gasteiger partial charge in [0.25, 0.3) is 0 Å². The highest BCUT2D eigenvalue weighted by Crippen LogP contribution is 2.14. The van der Waals surface area contributed by atoms with Crippen LogP contribution < -0.4 is 0 Å². The topological polar surface area (TPSA) is 78.9 Å². The second-order valence-electron chi connectivity index (χ2n) is 19.5. The molecule has 0 N–H and O–H groups in total. The zero-order valence-corrected chi connectivity index (χ0v) is 48.3. The minimum absolute atomic E-state index is 0.137. The van der Waals surface area contributed by atoms with Crippen LogP contribution in [-0.4, -0.2) is 37.2 Å². The quantitative estimate of drug-likeness (QED) is 0.0261. The smallest absolute Gasteiger partial charge is 0.306 e. The van der Waals surface area contributed by atoms with Gasteiger partial charge in [0.2, 0.25) is 0 Å². The number of rotatable bonds is 53. The molecule has 0 saturated carbocycles. The maximum absolute atomic E-state index is 12.9. The SMILES string of the molecule is CC/C=C\C/C=C\C/C=C\C/C=C\C/C=C\C/C=C\CCC(=O)O[C@H](COC(=O)CC/C=C\C/C=C\C/C=C\C/C=C\C/C=C\CCCCC)COC(=O)CCCCCCCCCCC/C=C\CCCCCCCC. The van der Waals surface area contributed by atoms with E-state index < -0.39 is 12.1 Å². The zero-order chi connectivity index (χ0) is 54.3. The van der Waals surface area contributed by atoms with Crippen molar-refractivity contribution in [3.05, 3.63) is 146 Å². The zero-order valence-electron chi connectivity index (χ0n) is 48.3. The summed E-state index contributed by atoms with van der Waals surface area (Å²) in [4.78, 5) is 38.2. The summed E-state index contributed by atoms with van der Waals surface area (Å²) < 4.78 is 16.7. The van der Waals surface area contributed by atoms with Crippen LogP contribution in [0.15, 0.2) is 146 Å². The van der Waals surface area contributed by atoms with Gasteiger partial charge in [0.05, 0.1) is 0 Å². The fourth-order valence-corrected chi connectivity index (χ4v) is 7.80. The summed E-state index contributed by atoms with van der Waals surface area (Å²) in [6, 6.07) is 0. The number of esters is 3. The molecule has 0 fully saturated rings. The lowest BCUT2D eigenvalue weighted by Crippen LogP contribution is -2.30. The minimum atomic E-state index is -0.857. The lowest BCUT2D eigenvalue weighted by Gasteiger charge is -2.18. The van der Waals surface area contributed by atoms with Gasteiger partial charge in [-0.05, 0) is 122 Å². The molecule has 0 heterocycles.